The second-order valence-corrected chi connectivity index (χ2v) is 4.67. The van der Waals surface area contributed by atoms with E-state index in [0.717, 1.165) is 30.9 Å². The Balaban J connectivity index is 1.85. The summed E-state index contributed by atoms with van der Waals surface area (Å²) in [5, 5.41) is 3.52. The molecule has 0 bridgehead atoms. The van der Waals surface area contributed by atoms with Gasteiger partial charge in [-0.25, -0.2) is 4.39 Å². The molecule has 2 heterocycles. The average molecular weight is 218 g/mol. The Hall–Kier alpha value is -1.22. The number of nitrogens with one attached hydrogen (secondary N) is 1. The topological polar surface area (TPSA) is 24.9 Å². The third kappa shape index (κ3) is 1.76. The molecule has 0 spiro atoms. The third-order valence-corrected chi connectivity index (χ3v) is 3.67. The molecule has 0 amide bonds. The number of rotatable bonds is 1. The number of allylic oxidation sites excluding steroid dienone is 1. The minimum atomic E-state index is -0.250. The van der Waals surface area contributed by atoms with Crippen molar-refractivity contribution < 1.29 is 4.39 Å². The summed E-state index contributed by atoms with van der Waals surface area (Å²) < 4.78 is 13.1. The summed E-state index contributed by atoms with van der Waals surface area (Å²) in [6, 6.07) is 2.16. The van der Waals surface area contributed by atoms with Crippen LogP contribution in [0, 0.1) is 11.7 Å². The van der Waals surface area contributed by atoms with E-state index in [-0.39, 0.29) is 5.82 Å². The van der Waals surface area contributed by atoms with Crippen LogP contribution in [0.15, 0.2) is 24.5 Å². The second kappa shape index (κ2) is 3.98. The highest BCUT2D eigenvalue weighted by atomic mass is 19.1. The highest BCUT2D eigenvalue weighted by Crippen LogP contribution is 2.34. The molecule has 1 aliphatic heterocycles. The molecule has 0 aromatic carbocycles. The zero-order valence-electron chi connectivity index (χ0n) is 9.12. The number of fused-ring (bicyclic) bond motifs is 1. The van der Waals surface area contributed by atoms with Crippen LogP contribution in [-0.2, 0) is 0 Å². The van der Waals surface area contributed by atoms with Gasteiger partial charge in [-0.3, -0.25) is 4.98 Å². The maximum Gasteiger partial charge on any atom is 0.142 e. The highest BCUT2D eigenvalue weighted by Gasteiger charge is 2.29. The van der Waals surface area contributed by atoms with E-state index in [1.54, 1.807) is 12.3 Å². The fourth-order valence-electron chi connectivity index (χ4n) is 2.78. The van der Waals surface area contributed by atoms with Gasteiger partial charge in [0.2, 0.25) is 0 Å². The predicted octanol–water partition coefficient (Wildman–Crippen LogP) is 2.38. The van der Waals surface area contributed by atoms with Crippen molar-refractivity contribution in [2.45, 2.75) is 25.3 Å². The summed E-state index contributed by atoms with van der Waals surface area (Å²) in [7, 11) is 0. The lowest BCUT2D eigenvalue weighted by Gasteiger charge is -2.25. The third-order valence-electron chi connectivity index (χ3n) is 3.67. The summed E-state index contributed by atoms with van der Waals surface area (Å²) in [5.41, 5.74) is 2.18. The van der Waals surface area contributed by atoms with Crippen molar-refractivity contribution in [3.63, 3.8) is 0 Å². The van der Waals surface area contributed by atoms with Crippen LogP contribution in [0.1, 0.15) is 24.8 Å². The van der Waals surface area contributed by atoms with Gasteiger partial charge in [0.15, 0.2) is 0 Å². The standard InChI is InChI=1S/C13H15FN2/c14-12-5-11(7-15-8-12)10-2-1-9-3-4-16-13(9)6-10/h2,5,7-9,13,16H,1,3-4,6H2/t9-,13-/m0/s1. The Bertz CT molecular complexity index is 428. The SMILES string of the molecule is Fc1cncc(C2=CC[C@H]3CCN[C@H]3C2)c1. The van der Waals surface area contributed by atoms with Crippen molar-refractivity contribution in [3.8, 4) is 0 Å². The molecule has 0 radical (unpaired) electrons. The van der Waals surface area contributed by atoms with Crippen molar-refractivity contribution in [2.75, 3.05) is 6.54 Å². The summed E-state index contributed by atoms with van der Waals surface area (Å²) >= 11 is 0. The smallest absolute Gasteiger partial charge is 0.142 e. The summed E-state index contributed by atoms with van der Waals surface area (Å²) in [6.07, 6.45) is 8.66. The first-order chi connectivity index (χ1) is 7.83. The molecule has 84 valence electrons. The average Bonchev–Trinajstić information content (AvgIpc) is 2.75. The number of halogens is 1. The Morgan fingerprint density at radius 3 is 3.19 bits per heavy atom. The molecule has 0 unspecified atom stereocenters. The van der Waals surface area contributed by atoms with Crippen LogP contribution in [0.5, 0.6) is 0 Å². The molecule has 0 saturated carbocycles. The number of hydrogen-bond donors (Lipinski definition) is 1. The molecule has 1 N–H and O–H groups in total. The van der Waals surface area contributed by atoms with Crippen molar-refractivity contribution in [2.24, 2.45) is 5.92 Å². The maximum absolute atomic E-state index is 13.1. The summed E-state index contributed by atoms with van der Waals surface area (Å²) in [4.78, 5) is 3.91. The van der Waals surface area contributed by atoms with Crippen LogP contribution in [0.3, 0.4) is 0 Å². The minimum Gasteiger partial charge on any atom is -0.313 e. The van der Waals surface area contributed by atoms with Crippen LogP contribution in [-0.4, -0.2) is 17.6 Å². The zero-order chi connectivity index (χ0) is 11.0. The largest absolute Gasteiger partial charge is 0.313 e. The van der Waals surface area contributed by atoms with Crippen LogP contribution >= 0.6 is 0 Å². The number of nitrogens with zero attached hydrogens (tertiary/aromatic N) is 1. The Kier molecular flexibility index (Phi) is 2.48. The molecule has 2 atom stereocenters. The first-order valence-electron chi connectivity index (χ1n) is 5.86. The Morgan fingerprint density at radius 2 is 2.31 bits per heavy atom. The summed E-state index contributed by atoms with van der Waals surface area (Å²) in [5.74, 6) is 0.533. The van der Waals surface area contributed by atoms with E-state index in [1.165, 1.54) is 18.2 Å². The van der Waals surface area contributed by atoms with E-state index in [1.807, 2.05) is 0 Å². The molecule has 3 heteroatoms. The molecule has 1 aromatic rings. The first-order valence-corrected chi connectivity index (χ1v) is 5.86. The van der Waals surface area contributed by atoms with Crippen molar-refractivity contribution in [1.82, 2.24) is 10.3 Å². The Labute approximate surface area is 94.6 Å². The number of aromatic nitrogens is 1. The van der Waals surface area contributed by atoms with Gasteiger partial charge in [0, 0.05) is 12.2 Å². The Morgan fingerprint density at radius 1 is 1.38 bits per heavy atom. The lowest BCUT2D eigenvalue weighted by atomic mass is 9.84. The maximum atomic E-state index is 13.1. The van der Waals surface area contributed by atoms with E-state index >= 15 is 0 Å². The first kappa shape index (κ1) is 9.97. The molecular formula is C13H15FN2. The van der Waals surface area contributed by atoms with E-state index < -0.39 is 0 Å². The van der Waals surface area contributed by atoms with E-state index in [0.29, 0.717) is 6.04 Å². The number of hydrogen-bond acceptors (Lipinski definition) is 2. The predicted molar refractivity (Wildman–Crippen MR) is 61.3 cm³/mol. The van der Waals surface area contributed by atoms with E-state index in [2.05, 4.69) is 16.4 Å². The molecule has 2 aliphatic rings. The van der Waals surface area contributed by atoms with Crippen LogP contribution in [0.2, 0.25) is 0 Å². The lowest BCUT2D eigenvalue weighted by Crippen LogP contribution is -2.29. The summed E-state index contributed by atoms with van der Waals surface area (Å²) in [6.45, 7) is 1.12. The fourth-order valence-corrected chi connectivity index (χ4v) is 2.78. The van der Waals surface area contributed by atoms with Crippen molar-refractivity contribution >= 4 is 5.57 Å². The highest BCUT2D eigenvalue weighted by molar-refractivity contribution is 5.66. The molecule has 3 rings (SSSR count). The van der Waals surface area contributed by atoms with Gasteiger partial charge in [0.1, 0.15) is 5.82 Å². The monoisotopic (exact) mass is 218 g/mol. The van der Waals surface area contributed by atoms with Gasteiger partial charge in [0.25, 0.3) is 0 Å². The molecule has 16 heavy (non-hydrogen) atoms. The molecule has 2 nitrogen and oxygen atoms in total. The van der Waals surface area contributed by atoms with Gasteiger partial charge in [-0.2, -0.15) is 0 Å². The van der Waals surface area contributed by atoms with E-state index in [9.17, 15) is 4.39 Å². The fraction of sp³-hybridized carbons (Fsp3) is 0.462. The molecule has 1 saturated heterocycles. The zero-order valence-corrected chi connectivity index (χ0v) is 9.12. The van der Waals surface area contributed by atoms with E-state index in [4.69, 9.17) is 0 Å². The van der Waals surface area contributed by atoms with Crippen molar-refractivity contribution in [1.29, 1.82) is 0 Å². The van der Waals surface area contributed by atoms with Gasteiger partial charge >= 0.3 is 0 Å². The van der Waals surface area contributed by atoms with Gasteiger partial charge in [-0.15, -0.1) is 0 Å². The van der Waals surface area contributed by atoms with Gasteiger partial charge in [0.05, 0.1) is 6.20 Å². The molecule has 1 aromatic heterocycles. The van der Waals surface area contributed by atoms with Gasteiger partial charge in [-0.05, 0) is 48.9 Å². The minimum absolute atomic E-state index is 0.250. The van der Waals surface area contributed by atoms with Crippen molar-refractivity contribution in [3.05, 3.63) is 35.9 Å². The normalized spacial score (nSPS) is 28.7. The van der Waals surface area contributed by atoms with Crippen LogP contribution in [0.4, 0.5) is 4.39 Å². The van der Waals surface area contributed by atoms with Crippen LogP contribution in [0.25, 0.3) is 5.57 Å². The molecule has 1 fully saturated rings. The van der Waals surface area contributed by atoms with Gasteiger partial charge in [-0.1, -0.05) is 6.08 Å². The molecular weight excluding hydrogens is 203 g/mol. The quantitative estimate of drug-likeness (QED) is 0.782. The molecule has 1 aliphatic carbocycles. The lowest BCUT2D eigenvalue weighted by molar-refractivity contribution is 0.445. The van der Waals surface area contributed by atoms with Gasteiger partial charge < -0.3 is 5.32 Å². The second-order valence-electron chi connectivity index (χ2n) is 4.67. The van der Waals surface area contributed by atoms with Crippen LogP contribution < -0.4 is 5.32 Å². The number of pyridine rings is 1.